The molecule has 0 spiro atoms. The van der Waals surface area contributed by atoms with Crippen LogP contribution in [-0.4, -0.2) is 26.9 Å². The van der Waals surface area contributed by atoms with Crippen LogP contribution in [-0.2, 0) is 6.42 Å². The second kappa shape index (κ2) is 7.87. The number of carbonyl (C=O) groups excluding carboxylic acids is 1. The van der Waals surface area contributed by atoms with E-state index in [9.17, 15) is 4.79 Å². The van der Waals surface area contributed by atoms with Gasteiger partial charge in [0.05, 0.1) is 11.9 Å². The third-order valence-corrected chi connectivity index (χ3v) is 5.52. The minimum Gasteiger partial charge on any atom is -0.361 e. The van der Waals surface area contributed by atoms with E-state index >= 15 is 0 Å². The molecule has 0 fully saturated rings. The van der Waals surface area contributed by atoms with Gasteiger partial charge in [0.25, 0.3) is 5.91 Å². The summed E-state index contributed by atoms with van der Waals surface area (Å²) in [4.78, 5) is 19.4. The molecule has 30 heavy (non-hydrogen) atoms. The molecular weight excluding hydrogens is 372 g/mol. The highest BCUT2D eigenvalue weighted by molar-refractivity contribution is 6.01. The predicted octanol–water partition coefficient (Wildman–Crippen LogP) is 4.68. The van der Waals surface area contributed by atoms with Gasteiger partial charge in [-0.05, 0) is 41.8 Å². The molecule has 0 radical (unpaired) electrons. The zero-order chi connectivity index (χ0) is 20.3. The van der Waals surface area contributed by atoms with Gasteiger partial charge in [0, 0.05) is 30.3 Å². The van der Waals surface area contributed by atoms with Gasteiger partial charge in [-0.2, -0.15) is 0 Å². The van der Waals surface area contributed by atoms with Crippen LogP contribution in [0.1, 0.15) is 27.7 Å². The van der Waals surface area contributed by atoms with Crippen LogP contribution in [0.4, 0.5) is 5.69 Å². The Morgan fingerprint density at radius 2 is 1.67 bits per heavy atom. The highest BCUT2D eigenvalue weighted by atomic mass is 16.2. The number of nitrogens with one attached hydrogen (secondary N) is 1. The number of imidazole rings is 1. The summed E-state index contributed by atoms with van der Waals surface area (Å²) in [5.74, 6) is 0.0592. The van der Waals surface area contributed by atoms with Crippen molar-refractivity contribution in [2.45, 2.75) is 12.6 Å². The number of para-hydroxylation sites is 1. The highest BCUT2D eigenvalue weighted by Gasteiger charge is 2.32. The summed E-state index contributed by atoms with van der Waals surface area (Å²) in [5, 5.41) is 3.57. The summed E-state index contributed by atoms with van der Waals surface area (Å²) in [6, 6.07) is 26.3. The SMILES string of the molecule is O=C1c2ccccc2NC(c2ccc(-n3ccnc3)cc2)N1CCc1ccccc1. The lowest BCUT2D eigenvalue weighted by Gasteiger charge is -2.38. The lowest BCUT2D eigenvalue weighted by Crippen LogP contribution is -2.44. The third kappa shape index (κ3) is 3.46. The summed E-state index contributed by atoms with van der Waals surface area (Å²) >= 11 is 0. The molecule has 1 unspecified atom stereocenters. The van der Waals surface area contributed by atoms with Crippen molar-refractivity contribution in [2.24, 2.45) is 0 Å². The van der Waals surface area contributed by atoms with Gasteiger partial charge >= 0.3 is 0 Å². The number of hydrogen-bond acceptors (Lipinski definition) is 3. The first-order valence-corrected chi connectivity index (χ1v) is 10.1. The summed E-state index contributed by atoms with van der Waals surface area (Å²) in [5.41, 5.74) is 4.90. The van der Waals surface area contributed by atoms with Crippen molar-refractivity contribution in [3.8, 4) is 5.69 Å². The van der Waals surface area contributed by atoms with Crippen LogP contribution < -0.4 is 5.32 Å². The monoisotopic (exact) mass is 394 g/mol. The smallest absolute Gasteiger partial charge is 0.257 e. The van der Waals surface area contributed by atoms with Gasteiger partial charge in [-0.1, -0.05) is 54.6 Å². The topological polar surface area (TPSA) is 50.2 Å². The maximum absolute atomic E-state index is 13.3. The Morgan fingerprint density at radius 1 is 0.900 bits per heavy atom. The fraction of sp³-hybridized carbons (Fsp3) is 0.120. The molecule has 5 nitrogen and oxygen atoms in total. The molecule has 5 rings (SSSR count). The Bertz CT molecular complexity index is 1140. The first-order chi connectivity index (χ1) is 14.8. The summed E-state index contributed by atoms with van der Waals surface area (Å²) in [6.07, 6.45) is 6.05. The molecule has 1 N–H and O–H groups in total. The molecule has 0 aliphatic carbocycles. The lowest BCUT2D eigenvalue weighted by molar-refractivity contribution is 0.0685. The first kappa shape index (κ1) is 18.2. The van der Waals surface area contributed by atoms with E-state index in [2.05, 4.69) is 46.7 Å². The standard InChI is InChI=1S/C25H22N4O/c30-25-22-8-4-5-9-23(22)27-24(29(25)16-14-19-6-2-1-3-7-19)20-10-12-21(13-11-20)28-17-15-26-18-28/h1-13,15,17-18,24,27H,14,16H2. The Kier molecular flexibility index (Phi) is 4.77. The molecule has 0 saturated carbocycles. The Labute approximate surface area is 175 Å². The van der Waals surface area contributed by atoms with Crippen LogP contribution in [0.15, 0.2) is 97.6 Å². The van der Waals surface area contributed by atoms with Gasteiger partial charge in [0.15, 0.2) is 0 Å². The van der Waals surface area contributed by atoms with Gasteiger partial charge in [0.1, 0.15) is 6.17 Å². The van der Waals surface area contributed by atoms with Crippen molar-refractivity contribution < 1.29 is 4.79 Å². The summed E-state index contributed by atoms with van der Waals surface area (Å²) < 4.78 is 1.96. The normalized spacial score (nSPS) is 15.5. The molecule has 1 aliphatic heterocycles. The van der Waals surface area contributed by atoms with Crippen LogP contribution in [0.3, 0.4) is 0 Å². The number of fused-ring (bicyclic) bond motifs is 1. The molecule has 1 aliphatic rings. The average Bonchev–Trinajstić information content (AvgIpc) is 3.34. The molecule has 5 heteroatoms. The number of aromatic nitrogens is 2. The van der Waals surface area contributed by atoms with Crippen molar-refractivity contribution in [2.75, 3.05) is 11.9 Å². The van der Waals surface area contributed by atoms with Gasteiger partial charge in [-0.15, -0.1) is 0 Å². The number of anilines is 1. The number of nitrogens with zero attached hydrogens (tertiary/aromatic N) is 3. The number of benzene rings is 3. The van der Waals surface area contributed by atoms with Crippen molar-refractivity contribution in [1.29, 1.82) is 0 Å². The fourth-order valence-corrected chi connectivity index (χ4v) is 3.92. The van der Waals surface area contributed by atoms with E-state index in [4.69, 9.17) is 0 Å². The van der Waals surface area contributed by atoms with E-state index in [0.717, 1.165) is 28.9 Å². The van der Waals surface area contributed by atoms with Crippen LogP contribution in [0, 0.1) is 0 Å². The minimum atomic E-state index is -0.215. The minimum absolute atomic E-state index is 0.0592. The Morgan fingerprint density at radius 3 is 2.43 bits per heavy atom. The van der Waals surface area contributed by atoms with Crippen LogP contribution in [0.2, 0.25) is 0 Å². The van der Waals surface area contributed by atoms with Crippen molar-refractivity contribution in [1.82, 2.24) is 14.5 Å². The largest absolute Gasteiger partial charge is 0.361 e. The molecule has 0 saturated heterocycles. The van der Waals surface area contributed by atoms with E-state index in [1.807, 2.05) is 58.1 Å². The molecule has 1 atom stereocenters. The predicted molar refractivity (Wildman–Crippen MR) is 118 cm³/mol. The van der Waals surface area contributed by atoms with Crippen molar-refractivity contribution in [3.05, 3.63) is 114 Å². The lowest BCUT2D eigenvalue weighted by atomic mass is 10.0. The molecule has 1 amide bonds. The van der Waals surface area contributed by atoms with Crippen molar-refractivity contribution >= 4 is 11.6 Å². The second-order valence-corrected chi connectivity index (χ2v) is 7.39. The maximum atomic E-state index is 13.3. The molecule has 1 aromatic heterocycles. The number of carbonyl (C=O) groups is 1. The zero-order valence-electron chi connectivity index (χ0n) is 16.5. The maximum Gasteiger partial charge on any atom is 0.257 e. The third-order valence-electron chi connectivity index (χ3n) is 5.52. The summed E-state index contributed by atoms with van der Waals surface area (Å²) in [6.45, 7) is 0.637. The molecule has 148 valence electrons. The molecular formula is C25H22N4O. The van der Waals surface area contributed by atoms with Gasteiger partial charge in [-0.3, -0.25) is 4.79 Å². The van der Waals surface area contributed by atoms with E-state index in [-0.39, 0.29) is 12.1 Å². The highest BCUT2D eigenvalue weighted by Crippen LogP contribution is 2.33. The van der Waals surface area contributed by atoms with E-state index in [1.54, 1.807) is 12.5 Å². The number of hydrogen-bond donors (Lipinski definition) is 1. The van der Waals surface area contributed by atoms with E-state index in [1.165, 1.54) is 5.56 Å². The van der Waals surface area contributed by atoms with Gasteiger partial charge in [0.2, 0.25) is 0 Å². The number of rotatable bonds is 5. The van der Waals surface area contributed by atoms with Crippen LogP contribution in [0.5, 0.6) is 0 Å². The zero-order valence-corrected chi connectivity index (χ0v) is 16.5. The molecule has 3 aromatic carbocycles. The van der Waals surface area contributed by atoms with Crippen LogP contribution in [0.25, 0.3) is 5.69 Å². The average molecular weight is 394 g/mol. The van der Waals surface area contributed by atoms with Gasteiger partial charge < -0.3 is 14.8 Å². The molecule has 2 heterocycles. The fourth-order valence-electron chi connectivity index (χ4n) is 3.92. The summed E-state index contributed by atoms with van der Waals surface area (Å²) in [7, 11) is 0. The second-order valence-electron chi connectivity index (χ2n) is 7.39. The quantitative estimate of drug-likeness (QED) is 0.535. The molecule has 4 aromatic rings. The number of amides is 1. The molecule has 0 bridgehead atoms. The first-order valence-electron chi connectivity index (χ1n) is 10.1. The van der Waals surface area contributed by atoms with E-state index in [0.29, 0.717) is 6.54 Å². The Balaban J connectivity index is 1.46. The Hall–Kier alpha value is -3.86. The van der Waals surface area contributed by atoms with Gasteiger partial charge in [-0.25, -0.2) is 4.98 Å². The van der Waals surface area contributed by atoms with E-state index < -0.39 is 0 Å². The van der Waals surface area contributed by atoms with Crippen molar-refractivity contribution in [3.63, 3.8) is 0 Å². The van der Waals surface area contributed by atoms with Crippen LogP contribution >= 0.6 is 0 Å².